The molecule has 0 bridgehead atoms. The van der Waals surface area contributed by atoms with Crippen molar-refractivity contribution in [2.75, 3.05) is 18.5 Å². The number of amides is 1. The lowest BCUT2D eigenvalue weighted by molar-refractivity contribution is -0.114. The van der Waals surface area contributed by atoms with Gasteiger partial charge in [-0.2, -0.15) is 0 Å². The van der Waals surface area contributed by atoms with E-state index in [0.717, 1.165) is 38.3 Å². The Morgan fingerprint density at radius 2 is 1.95 bits per heavy atom. The third kappa shape index (κ3) is 4.62. The highest BCUT2D eigenvalue weighted by Crippen LogP contribution is 2.19. The number of rotatable bonds is 5. The Morgan fingerprint density at radius 3 is 2.55 bits per heavy atom. The Hall–Kier alpha value is -1.39. The van der Waals surface area contributed by atoms with E-state index < -0.39 is 0 Å². The van der Waals surface area contributed by atoms with Crippen molar-refractivity contribution in [3.63, 3.8) is 0 Å². The van der Waals surface area contributed by atoms with Crippen molar-refractivity contribution in [3.05, 3.63) is 29.8 Å². The molecule has 1 aromatic rings. The number of hydrogen-bond donors (Lipinski definition) is 2. The molecular weight excluding hydrogens is 252 g/mol. The molecule has 4 heteroatoms. The third-order valence-electron chi connectivity index (χ3n) is 3.88. The minimum absolute atomic E-state index is 0.0379. The number of benzene rings is 1. The molecule has 20 heavy (non-hydrogen) atoms. The van der Waals surface area contributed by atoms with Gasteiger partial charge in [0, 0.05) is 38.4 Å². The van der Waals surface area contributed by atoms with Crippen LogP contribution in [-0.4, -0.2) is 25.2 Å². The van der Waals surface area contributed by atoms with Gasteiger partial charge in [0.25, 0.3) is 0 Å². The zero-order valence-electron chi connectivity index (χ0n) is 12.3. The molecule has 0 saturated carbocycles. The standard InChI is InChI=1S/C16H24N2O2/c1-12(15-7-9-20-10-8-15)17-11-14-3-5-16(6-4-14)18-13(2)19/h3-6,12,15,17H,7-11H2,1-2H3,(H,18,19). The molecule has 0 spiro atoms. The lowest BCUT2D eigenvalue weighted by Gasteiger charge is -2.28. The highest BCUT2D eigenvalue weighted by molar-refractivity contribution is 5.88. The quantitative estimate of drug-likeness (QED) is 0.869. The molecule has 2 N–H and O–H groups in total. The Bertz CT molecular complexity index is 425. The van der Waals surface area contributed by atoms with Crippen molar-refractivity contribution in [1.82, 2.24) is 5.32 Å². The van der Waals surface area contributed by atoms with E-state index in [2.05, 4.69) is 29.7 Å². The maximum Gasteiger partial charge on any atom is 0.221 e. The van der Waals surface area contributed by atoms with Crippen molar-refractivity contribution in [1.29, 1.82) is 0 Å². The molecule has 1 amide bonds. The van der Waals surface area contributed by atoms with Crippen LogP contribution in [0.25, 0.3) is 0 Å². The van der Waals surface area contributed by atoms with E-state index in [-0.39, 0.29) is 5.91 Å². The van der Waals surface area contributed by atoms with E-state index in [4.69, 9.17) is 4.74 Å². The van der Waals surface area contributed by atoms with Gasteiger partial charge < -0.3 is 15.4 Å². The first kappa shape index (κ1) is 15.0. The monoisotopic (exact) mass is 276 g/mol. The van der Waals surface area contributed by atoms with Crippen LogP contribution in [0.4, 0.5) is 5.69 Å². The number of hydrogen-bond acceptors (Lipinski definition) is 3. The summed E-state index contributed by atoms with van der Waals surface area (Å²) < 4.78 is 5.40. The summed E-state index contributed by atoms with van der Waals surface area (Å²) in [6, 6.07) is 8.49. The SMILES string of the molecule is CC(=O)Nc1ccc(CNC(C)C2CCOCC2)cc1. The van der Waals surface area contributed by atoms with Gasteiger partial charge in [-0.15, -0.1) is 0 Å². The van der Waals surface area contributed by atoms with E-state index >= 15 is 0 Å². The van der Waals surface area contributed by atoms with Crippen molar-refractivity contribution in [2.24, 2.45) is 5.92 Å². The van der Waals surface area contributed by atoms with Gasteiger partial charge in [0.1, 0.15) is 0 Å². The molecule has 1 atom stereocenters. The van der Waals surface area contributed by atoms with E-state index in [9.17, 15) is 4.79 Å². The number of carbonyl (C=O) groups excluding carboxylic acids is 1. The summed E-state index contributed by atoms with van der Waals surface area (Å²) in [6.45, 7) is 6.41. The molecule has 4 nitrogen and oxygen atoms in total. The fraction of sp³-hybridized carbons (Fsp3) is 0.562. The van der Waals surface area contributed by atoms with Crippen molar-refractivity contribution >= 4 is 11.6 Å². The van der Waals surface area contributed by atoms with Crippen LogP contribution < -0.4 is 10.6 Å². The maximum absolute atomic E-state index is 11.0. The molecule has 1 unspecified atom stereocenters. The number of nitrogens with one attached hydrogen (secondary N) is 2. The van der Waals surface area contributed by atoms with Gasteiger partial charge in [0.15, 0.2) is 0 Å². The van der Waals surface area contributed by atoms with E-state index in [1.54, 1.807) is 0 Å². The minimum atomic E-state index is -0.0379. The first-order chi connectivity index (χ1) is 9.65. The predicted octanol–water partition coefficient (Wildman–Crippen LogP) is 2.55. The maximum atomic E-state index is 11.0. The normalized spacial score (nSPS) is 17.7. The molecule has 1 aliphatic heterocycles. The zero-order chi connectivity index (χ0) is 14.4. The number of anilines is 1. The van der Waals surface area contributed by atoms with Gasteiger partial charge in [-0.25, -0.2) is 0 Å². The second-order valence-electron chi connectivity index (χ2n) is 5.50. The van der Waals surface area contributed by atoms with Gasteiger partial charge in [-0.1, -0.05) is 12.1 Å². The second kappa shape index (κ2) is 7.41. The average Bonchev–Trinajstić information content (AvgIpc) is 2.46. The molecule has 1 saturated heterocycles. The van der Waals surface area contributed by atoms with Crippen LogP contribution in [0.15, 0.2) is 24.3 Å². The van der Waals surface area contributed by atoms with Crippen LogP contribution in [-0.2, 0) is 16.1 Å². The molecule has 1 heterocycles. The zero-order valence-corrected chi connectivity index (χ0v) is 12.3. The van der Waals surface area contributed by atoms with Gasteiger partial charge in [-0.3, -0.25) is 4.79 Å². The molecule has 0 aliphatic carbocycles. The first-order valence-electron chi connectivity index (χ1n) is 7.33. The van der Waals surface area contributed by atoms with Gasteiger partial charge in [-0.05, 0) is 43.4 Å². The highest BCUT2D eigenvalue weighted by atomic mass is 16.5. The molecule has 0 radical (unpaired) electrons. The van der Waals surface area contributed by atoms with Crippen LogP contribution in [0, 0.1) is 5.92 Å². The average molecular weight is 276 g/mol. The molecular formula is C16H24N2O2. The largest absolute Gasteiger partial charge is 0.381 e. The Kier molecular flexibility index (Phi) is 5.56. The first-order valence-corrected chi connectivity index (χ1v) is 7.33. The summed E-state index contributed by atoms with van der Waals surface area (Å²) in [5, 5.41) is 6.36. The third-order valence-corrected chi connectivity index (χ3v) is 3.88. The number of carbonyl (C=O) groups is 1. The molecule has 1 aromatic carbocycles. The molecule has 1 fully saturated rings. The molecule has 0 aromatic heterocycles. The summed E-state index contributed by atoms with van der Waals surface area (Å²) in [7, 11) is 0. The molecule has 2 rings (SSSR count). The fourth-order valence-corrected chi connectivity index (χ4v) is 2.57. The lowest BCUT2D eigenvalue weighted by atomic mass is 9.93. The second-order valence-corrected chi connectivity index (χ2v) is 5.50. The fourth-order valence-electron chi connectivity index (χ4n) is 2.57. The van der Waals surface area contributed by atoms with E-state index in [1.807, 2.05) is 12.1 Å². The Labute approximate surface area is 120 Å². The topological polar surface area (TPSA) is 50.4 Å². The van der Waals surface area contributed by atoms with Crippen molar-refractivity contribution < 1.29 is 9.53 Å². The number of ether oxygens (including phenoxy) is 1. The summed E-state index contributed by atoms with van der Waals surface area (Å²) >= 11 is 0. The van der Waals surface area contributed by atoms with Gasteiger partial charge >= 0.3 is 0 Å². The molecule has 1 aliphatic rings. The van der Waals surface area contributed by atoms with Crippen LogP contribution in [0.2, 0.25) is 0 Å². The van der Waals surface area contributed by atoms with Crippen LogP contribution in [0.5, 0.6) is 0 Å². The summed E-state index contributed by atoms with van der Waals surface area (Å²) in [5.41, 5.74) is 2.08. The smallest absolute Gasteiger partial charge is 0.221 e. The van der Waals surface area contributed by atoms with Crippen molar-refractivity contribution in [3.8, 4) is 0 Å². The van der Waals surface area contributed by atoms with Gasteiger partial charge in [0.05, 0.1) is 0 Å². The lowest BCUT2D eigenvalue weighted by Crippen LogP contribution is -2.36. The van der Waals surface area contributed by atoms with Gasteiger partial charge in [0.2, 0.25) is 5.91 Å². The summed E-state index contributed by atoms with van der Waals surface area (Å²) in [5.74, 6) is 0.673. The van der Waals surface area contributed by atoms with Crippen molar-refractivity contribution in [2.45, 2.75) is 39.3 Å². The molecule has 110 valence electrons. The Balaban J connectivity index is 1.79. The van der Waals surface area contributed by atoms with Crippen LogP contribution in [0.3, 0.4) is 0 Å². The summed E-state index contributed by atoms with van der Waals surface area (Å²) in [6.07, 6.45) is 2.30. The highest BCUT2D eigenvalue weighted by Gasteiger charge is 2.19. The van der Waals surface area contributed by atoms with E-state index in [0.29, 0.717) is 12.0 Å². The van der Waals surface area contributed by atoms with Crippen LogP contribution in [0.1, 0.15) is 32.3 Å². The van der Waals surface area contributed by atoms with E-state index in [1.165, 1.54) is 12.5 Å². The predicted molar refractivity (Wildman–Crippen MR) is 80.6 cm³/mol. The summed E-state index contributed by atoms with van der Waals surface area (Å²) in [4.78, 5) is 11.0. The minimum Gasteiger partial charge on any atom is -0.381 e. The van der Waals surface area contributed by atoms with Crippen LogP contribution >= 0.6 is 0 Å². The Morgan fingerprint density at radius 1 is 1.30 bits per heavy atom.